The van der Waals surface area contributed by atoms with E-state index in [2.05, 4.69) is 15.6 Å². The second-order valence-corrected chi connectivity index (χ2v) is 4.63. The van der Waals surface area contributed by atoms with E-state index in [1.165, 1.54) is 6.07 Å². The predicted molar refractivity (Wildman–Crippen MR) is 88.9 cm³/mol. The van der Waals surface area contributed by atoms with Gasteiger partial charge in [-0.25, -0.2) is 4.39 Å². The van der Waals surface area contributed by atoms with Crippen molar-refractivity contribution in [2.75, 3.05) is 26.8 Å². The van der Waals surface area contributed by atoms with E-state index >= 15 is 0 Å². The number of benzene rings is 1. The average molecular weight is 393 g/mol. The Morgan fingerprint density at radius 3 is 2.85 bits per heavy atom. The fraction of sp³-hybridized carbons (Fsp3) is 0.500. The molecule has 1 saturated heterocycles. The fourth-order valence-electron chi connectivity index (χ4n) is 2.03. The van der Waals surface area contributed by atoms with Crippen LogP contribution in [-0.4, -0.2) is 32.8 Å². The van der Waals surface area contributed by atoms with Crippen molar-refractivity contribution < 1.29 is 9.13 Å². The quantitative estimate of drug-likeness (QED) is 0.468. The van der Waals surface area contributed by atoms with E-state index in [9.17, 15) is 4.39 Å². The number of nitrogens with one attached hydrogen (secondary N) is 2. The number of hydrogen-bond donors (Lipinski definition) is 2. The largest absolute Gasteiger partial charge is 0.381 e. The Balaban J connectivity index is 0.00000200. The number of aliphatic imine (C=N–C) groups is 1. The molecule has 0 amide bonds. The maximum Gasteiger partial charge on any atom is 0.191 e. The van der Waals surface area contributed by atoms with Crippen LogP contribution in [0.25, 0.3) is 0 Å². The minimum absolute atomic E-state index is 0. The minimum atomic E-state index is -0.199. The first-order valence-electron chi connectivity index (χ1n) is 6.55. The van der Waals surface area contributed by atoms with Crippen molar-refractivity contribution in [3.05, 3.63) is 35.6 Å². The molecule has 4 nitrogen and oxygen atoms in total. The highest BCUT2D eigenvalue weighted by Crippen LogP contribution is 2.10. The Labute approximate surface area is 136 Å². The van der Waals surface area contributed by atoms with Crippen LogP contribution in [0.5, 0.6) is 0 Å². The van der Waals surface area contributed by atoms with Crippen LogP contribution >= 0.6 is 24.0 Å². The molecule has 6 heteroatoms. The number of halogens is 2. The Morgan fingerprint density at radius 2 is 2.20 bits per heavy atom. The summed E-state index contributed by atoms with van der Waals surface area (Å²) in [6.07, 6.45) is 1.08. The summed E-state index contributed by atoms with van der Waals surface area (Å²) in [6.45, 7) is 2.90. The summed E-state index contributed by atoms with van der Waals surface area (Å²) < 4.78 is 18.8. The summed E-state index contributed by atoms with van der Waals surface area (Å²) in [4.78, 5) is 4.12. The number of guanidine groups is 1. The van der Waals surface area contributed by atoms with Gasteiger partial charge in [-0.05, 0) is 12.5 Å². The lowest BCUT2D eigenvalue weighted by Crippen LogP contribution is -2.39. The molecule has 1 unspecified atom stereocenters. The molecular formula is C14H21FIN3O. The first kappa shape index (κ1) is 17.2. The fourth-order valence-corrected chi connectivity index (χ4v) is 2.03. The molecule has 2 rings (SSSR count). The third kappa shape index (κ3) is 5.24. The van der Waals surface area contributed by atoms with Crippen molar-refractivity contribution in [2.24, 2.45) is 10.9 Å². The highest BCUT2D eigenvalue weighted by molar-refractivity contribution is 14.0. The summed E-state index contributed by atoms with van der Waals surface area (Å²) >= 11 is 0. The zero-order valence-electron chi connectivity index (χ0n) is 11.6. The van der Waals surface area contributed by atoms with Gasteiger partial charge in [-0.2, -0.15) is 0 Å². The van der Waals surface area contributed by atoms with Gasteiger partial charge in [-0.1, -0.05) is 18.2 Å². The maximum absolute atomic E-state index is 13.5. The molecule has 112 valence electrons. The number of hydrogen-bond acceptors (Lipinski definition) is 2. The van der Waals surface area contributed by atoms with Gasteiger partial charge in [0, 0.05) is 38.2 Å². The SMILES string of the molecule is CN=C(NCc1ccccc1F)NCC1CCOC1.I. The molecule has 0 bridgehead atoms. The molecule has 1 aliphatic heterocycles. The van der Waals surface area contributed by atoms with E-state index in [-0.39, 0.29) is 29.8 Å². The summed E-state index contributed by atoms with van der Waals surface area (Å²) in [7, 11) is 1.71. The molecule has 1 atom stereocenters. The number of nitrogens with zero attached hydrogens (tertiary/aromatic N) is 1. The van der Waals surface area contributed by atoms with Gasteiger partial charge < -0.3 is 15.4 Å². The van der Waals surface area contributed by atoms with E-state index in [1.54, 1.807) is 19.2 Å². The topological polar surface area (TPSA) is 45.7 Å². The van der Waals surface area contributed by atoms with E-state index < -0.39 is 0 Å². The third-order valence-corrected chi connectivity index (χ3v) is 3.21. The molecule has 1 aromatic carbocycles. The van der Waals surface area contributed by atoms with E-state index in [0.29, 0.717) is 24.0 Å². The van der Waals surface area contributed by atoms with Crippen LogP contribution < -0.4 is 10.6 Å². The lowest BCUT2D eigenvalue weighted by atomic mass is 10.1. The number of rotatable bonds is 4. The van der Waals surface area contributed by atoms with Gasteiger partial charge in [-0.3, -0.25) is 4.99 Å². The molecule has 2 N–H and O–H groups in total. The first-order valence-corrected chi connectivity index (χ1v) is 6.55. The molecule has 0 saturated carbocycles. The van der Waals surface area contributed by atoms with Gasteiger partial charge in [0.15, 0.2) is 5.96 Å². The second-order valence-electron chi connectivity index (χ2n) is 4.63. The molecule has 0 radical (unpaired) electrons. The van der Waals surface area contributed by atoms with Crippen molar-refractivity contribution in [1.82, 2.24) is 10.6 Å². The van der Waals surface area contributed by atoms with Crippen molar-refractivity contribution >= 4 is 29.9 Å². The Hall–Kier alpha value is -0.890. The molecule has 20 heavy (non-hydrogen) atoms. The van der Waals surface area contributed by atoms with Gasteiger partial charge in [-0.15, -0.1) is 24.0 Å². The number of ether oxygens (including phenoxy) is 1. The second kappa shape index (κ2) is 9.12. The van der Waals surface area contributed by atoms with Gasteiger partial charge in [0.05, 0.1) is 6.61 Å². The first-order chi connectivity index (χ1) is 9.29. The standard InChI is InChI=1S/C14H20FN3O.HI/c1-16-14(17-8-11-6-7-19-10-11)18-9-12-4-2-3-5-13(12)15;/h2-5,11H,6-10H2,1H3,(H2,16,17,18);1H. The van der Waals surface area contributed by atoms with E-state index in [1.807, 2.05) is 6.07 Å². The summed E-state index contributed by atoms with van der Waals surface area (Å²) in [5, 5.41) is 6.35. The molecule has 0 aromatic heterocycles. The molecule has 1 aromatic rings. The van der Waals surface area contributed by atoms with Crippen LogP contribution in [0.2, 0.25) is 0 Å². The Kier molecular flexibility index (Phi) is 7.83. The van der Waals surface area contributed by atoms with E-state index in [0.717, 1.165) is 26.2 Å². The lowest BCUT2D eigenvalue weighted by molar-refractivity contribution is 0.186. The van der Waals surface area contributed by atoms with Gasteiger partial charge >= 0.3 is 0 Å². The van der Waals surface area contributed by atoms with Crippen LogP contribution in [0.15, 0.2) is 29.3 Å². The van der Waals surface area contributed by atoms with Crippen molar-refractivity contribution in [3.63, 3.8) is 0 Å². The van der Waals surface area contributed by atoms with Gasteiger partial charge in [0.25, 0.3) is 0 Å². The van der Waals surface area contributed by atoms with Crippen LogP contribution in [0.1, 0.15) is 12.0 Å². The Bertz CT molecular complexity index is 436. The van der Waals surface area contributed by atoms with Gasteiger partial charge in [0.2, 0.25) is 0 Å². The Morgan fingerprint density at radius 1 is 1.40 bits per heavy atom. The van der Waals surface area contributed by atoms with Crippen molar-refractivity contribution in [3.8, 4) is 0 Å². The molecule has 1 aliphatic rings. The van der Waals surface area contributed by atoms with Crippen LogP contribution in [0.4, 0.5) is 4.39 Å². The average Bonchev–Trinajstić information content (AvgIpc) is 2.94. The highest BCUT2D eigenvalue weighted by Gasteiger charge is 2.15. The normalized spacial score (nSPS) is 18.5. The predicted octanol–water partition coefficient (Wildman–Crippen LogP) is 2.15. The smallest absolute Gasteiger partial charge is 0.191 e. The third-order valence-electron chi connectivity index (χ3n) is 3.21. The van der Waals surface area contributed by atoms with Crippen LogP contribution in [-0.2, 0) is 11.3 Å². The van der Waals surface area contributed by atoms with Crippen LogP contribution in [0, 0.1) is 11.7 Å². The molecule has 0 spiro atoms. The van der Waals surface area contributed by atoms with Crippen molar-refractivity contribution in [1.29, 1.82) is 0 Å². The monoisotopic (exact) mass is 393 g/mol. The van der Waals surface area contributed by atoms with Crippen LogP contribution in [0.3, 0.4) is 0 Å². The van der Waals surface area contributed by atoms with Gasteiger partial charge in [0.1, 0.15) is 5.82 Å². The molecule has 0 aliphatic carbocycles. The summed E-state index contributed by atoms with van der Waals surface area (Å²) in [6, 6.07) is 6.74. The molecule has 1 fully saturated rings. The lowest BCUT2D eigenvalue weighted by Gasteiger charge is -2.14. The maximum atomic E-state index is 13.5. The zero-order valence-corrected chi connectivity index (χ0v) is 13.9. The highest BCUT2D eigenvalue weighted by atomic mass is 127. The minimum Gasteiger partial charge on any atom is -0.381 e. The molecular weight excluding hydrogens is 372 g/mol. The zero-order chi connectivity index (χ0) is 13.5. The van der Waals surface area contributed by atoms with E-state index in [4.69, 9.17) is 4.74 Å². The summed E-state index contributed by atoms with van der Waals surface area (Å²) in [5.41, 5.74) is 0.634. The van der Waals surface area contributed by atoms with Crippen molar-refractivity contribution in [2.45, 2.75) is 13.0 Å². The molecule has 1 heterocycles. The summed E-state index contributed by atoms with van der Waals surface area (Å²) in [5.74, 6) is 1.02.